The number of nitrogens with zero attached hydrogens (tertiary/aromatic N) is 1. The fourth-order valence-electron chi connectivity index (χ4n) is 2.56. The molecule has 1 aliphatic heterocycles. The predicted octanol–water partition coefficient (Wildman–Crippen LogP) is 6.08. The third kappa shape index (κ3) is 4.27. The lowest BCUT2D eigenvalue weighted by atomic mass is 10.1. The van der Waals surface area contributed by atoms with E-state index < -0.39 is 0 Å². The highest BCUT2D eigenvalue weighted by molar-refractivity contribution is 9.10. The van der Waals surface area contributed by atoms with Gasteiger partial charge in [-0.1, -0.05) is 60.4 Å². The van der Waals surface area contributed by atoms with Gasteiger partial charge in [-0.25, -0.2) is 0 Å². The van der Waals surface area contributed by atoms with E-state index in [2.05, 4.69) is 22.5 Å². The summed E-state index contributed by atoms with van der Waals surface area (Å²) in [5.74, 6) is 0.901. The van der Waals surface area contributed by atoms with Gasteiger partial charge in [0.05, 0.1) is 22.7 Å². The van der Waals surface area contributed by atoms with Crippen molar-refractivity contribution in [3.8, 4) is 11.5 Å². The van der Waals surface area contributed by atoms with Gasteiger partial charge in [0.15, 0.2) is 15.8 Å². The van der Waals surface area contributed by atoms with E-state index in [1.54, 1.807) is 43.5 Å². The van der Waals surface area contributed by atoms with E-state index in [0.717, 1.165) is 10.0 Å². The Balaban J connectivity index is 1.98. The number of thiocarbonyl (C=S) groups is 1. The number of methoxy groups -OCH3 is 1. The summed E-state index contributed by atoms with van der Waals surface area (Å²) in [6.07, 6.45) is 3.40. The van der Waals surface area contributed by atoms with Crippen molar-refractivity contribution in [3.05, 3.63) is 69.0 Å². The van der Waals surface area contributed by atoms with E-state index in [4.69, 9.17) is 33.3 Å². The molecule has 28 heavy (non-hydrogen) atoms. The molecule has 0 spiro atoms. The topological polar surface area (TPSA) is 38.8 Å². The fourth-order valence-corrected chi connectivity index (χ4v) is 4.27. The number of hydrogen-bond acceptors (Lipinski definition) is 5. The molecule has 8 heteroatoms. The van der Waals surface area contributed by atoms with Crippen LogP contribution >= 0.6 is 51.5 Å². The highest BCUT2D eigenvalue weighted by Gasteiger charge is 2.33. The van der Waals surface area contributed by atoms with Gasteiger partial charge in [-0.2, -0.15) is 0 Å². The second kappa shape index (κ2) is 9.13. The summed E-state index contributed by atoms with van der Waals surface area (Å²) in [6, 6.07) is 10.7. The van der Waals surface area contributed by atoms with Gasteiger partial charge in [0.25, 0.3) is 5.91 Å². The molecular weight excluding hydrogens is 482 g/mol. The number of ether oxygens (including phenoxy) is 2. The first-order valence-electron chi connectivity index (χ1n) is 8.10. The highest BCUT2D eigenvalue weighted by atomic mass is 79.9. The van der Waals surface area contributed by atoms with Crippen LogP contribution in [0.4, 0.5) is 5.69 Å². The first-order valence-corrected chi connectivity index (χ1v) is 10.5. The standard InChI is InChI=1S/C20H15BrClNO3S2/c1-3-9-26-18-12(5-4-6-16(18)25-2)10-17-19(24)23(20(27)28-17)13-7-8-14(21)15(22)11-13/h3-8,10-11H,1,9H2,2H3/b17-10-. The van der Waals surface area contributed by atoms with E-state index in [1.165, 1.54) is 16.7 Å². The molecule has 1 heterocycles. The number of rotatable bonds is 6. The van der Waals surface area contributed by atoms with Gasteiger partial charge < -0.3 is 9.47 Å². The third-order valence-corrected chi connectivity index (χ3v) is 6.35. The Labute approximate surface area is 186 Å². The number of thioether (sulfide) groups is 1. The molecule has 3 rings (SSSR count). The molecule has 1 amide bonds. The van der Waals surface area contributed by atoms with Gasteiger partial charge in [0.1, 0.15) is 6.61 Å². The normalized spacial score (nSPS) is 15.2. The molecule has 1 saturated heterocycles. The molecule has 0 aliphatic carbocycles. The molecule has 0 aromatic heterocycles. The van der Waals surface area contributed by atoms with E-state index in [-0.39, 0.29) is 5.91 Å². The van der Waals surface area contributed by atoms with Gasteiger partial charge in [-0.05, 0) is 46.3 Å². The van der Waals surface area contributed by atoms with Crippen LogP contribution in [0.25, 0.3) is 6.08 Å². The van der Waals surface area contributed by atoms with Gasteiger partial charge >= 0.3 is 0 Å². The van der Waals surface area contributed by atoms with Crippen LogP contribution in [0.3, 0.4) is 0 Å². The van der Waals surface area contributed by atoms with Crippen LogP contribution in [0.2, 0.25) is 5.02 Å². The average Bonchev–Trinajstić information content (AvgIpc) is 2.96. The molecule has 0 N–H and O–H groups in total. The Morgan fingerprint density at radius 2 is 2.14 bits per heavy atom. The maximum Gasteiger partial charge on any atom is 0.270 e. The zero-order valence-electron chi connectivity index (χ0n) is 14.8. The van der Waals surface area contributed by atoms with Crippen molar-refractivity contribution in [2.24, 2.45) is 0 Å². The van der Waals surface area contributed by atoms with Crippen molar-refractivity contribution in [1.82, 2.24) is 0 Å². The van der Waals surface area contributed by atoms with Gasteiger partial charge in [0.2, 0.25) is 0 Å². The van der Waals surface area contributed by atoms with E-state index in [9.17, 15) is 4.79 Å². The average molecular weight is 497 g/mol. The highest BCUT2D eigenvalue weighted by Crippen LogP contribution is 2.40. The van der Waals surface area contributed by atoms with Crippen LogP contribution in [0, 0.1) is 0 Å². The van der Waals surface area contributed by atoms with Crippen molar-refractivity contribution in [3.63, 3.8) is 0 Å². The fraction of sp³-hybridized carbons (Fsp3) is 0.100. The zero-order valence-corrected chi connectivity index (χ0v) is 18.8. The molecular formula is C20H15BrClNO3S2. The van der Waals surface area contributed by atoms with Crippen LogP contribution in [-0.4, -0.2) is 23.9 Å². The van der Waals surface area contributed by atoms with Crippen molar-refractivity contribution in [2.75, 3.05) is 18.6 Å². The number of carbonyl (C=O) groups is 1. The lowest BCUT2D eigenvalue weighted by Crippen LogP contribution is -2.27. The Hall–Kier alpha value is -1.80. The van der Waals surface area contributed by atoms with Crippen LogP contribution < -0.4 is 14.4 Å². The number of amides is 1. The zero-order chi connectivity index (χ0) is 20.3. The lowest BCUT2D eigenvalue weighted by molar-refractivity contribution is -0.113. The Kier molecular flexibility index (Phi) is 6.82. The van der Waals surface area contributed by atoms with Crippen molar-refractivity contribution in [2.45, 2.75) is 0 Å². The number of halogens is 2. The van der Waals surface area contributed by atoms with Crippen LogP contribution in [0.1, 0.15) is 5.56 Å². The molecule has 2 aromatic carbocycles. The van der Waals surface area contributed by atoms with Crippen molar-refractivity contribution >= 4 is 73.5 Å². The van der Waals surface area contributed by atoms with Crippen LogP contribution in [0.15, 0.2) is 58.4 Å². The molecule has 0 radical (unpaired) electrons. The molecule has 0 saturated carbocycles. The summed E-state index contributed by atoms with van der Waals surface area (Å²) in [5.41, 5.74) is 1.34. The molecule has 0 bridgehead atoms. The summed E-state index contributed by atoms with van der Waals surface area (Å²) in [7, 11) is 1.57. The second-order valence-corrected chi connectivity index (χ2v) is 8.53. The summed E-state index contributed by atoms with van der Waals surface area (Å²) in [6.45, 7) is 3.98. The van der Waals surface area contributed by atoms with Crippen LogP contribution in [0.5, 0.6) is 11.5 Å². The van der Waals surface area contributed by atoms with E-state index in [0.29, 0.717) is 38.0 Å². The SMILES string of the molecule is C=CCOc1c(/C=C2\SC(=S)N(c3ccc(Br)c(Cl)c3)C2=O)cccc1OC. The van der Waals surface area contributed by atoms with E-state index >= 15 is 0 Å². The number of anilines is 1. The Morgan fingerprint density at radius 1 is 1.36 bits per heavy atom. The van der Waals surface area contributed by atoms with Crippen LogP contribution in [-0.2, 0) is 4.79 Å². The van der Waals surface area contributed by atoms with Gasteiger partial charge in [-0.3, -0.25) is 9.69 Å². The minimum Gasteiger partial charge on any atom is -0.493 e. The molecule has 0 unspecified atom stereocenters. The minimum atomic E-state index is -0.217. The first-order chi connectivity index (χ1) is 13.5. The Morgan fingerprint density at radius 3 is 2.82 bits per heavy atom. The largest absolute Gasteiger partial charge is 0.493 e. The number of benzene rings is 2. The van der Waals surface area contributed by atoms with Gasteiger partial charge in [0, 0.05) is 10.0 Å². The predicted molar refractivity (Wildman–Crippen MR) is 123 cm³/mol. The second-order valence-electron chi connectivity index (χ2n) is 5.59. The lowest BCUT2D eigenvalue weighted by Gasteiger charge is -2.15. The Bertz CT molecular complexity index is 993. The molecule has 144 valence electrons. The number of para-hydroxylation sites is 1. The molecule has 1 aliphatic rings. The van der Waals surface area contributed by atoms with E-state index in [1.807, 2.05) is 12.1 Å². The molecule has 0 atom stereocenters. The maximum absolute atomic E-state index is 13.0. The maximum atomic E-state index is 13.0. The van der Waals surface area contributed by atoms with Gasteiger partial charge in [-0.15, -0.1) is 0 Å². The summed E-state index contributed by atoms with van der Waals surface area (Å²) < 4.78 is 12.3. The monoisotopic (exact) mass is 495 g/mol. The summed E-state index contributed by atoms with van der Waals surface area (Å²) in [4.78, 5) is 15.0. The summed E-state index contributed by atoms with van der Waals surface area (Å²) in [5, 5.41) is 0.503. The summed E-state index contributed by atoms with van der Waals surface area (Å²) >= 11 is 16.2. The minimum absolute atomic E-state index is 0.217. The first kappa shape index (κ1) is 20.9. The number of hydrogen-bond donors (Lipinski definition) is 0. The molecule has 2 aromatic rings. The van der Waals surface area contributed by atoms with Crippen molar-refractivity contribution in [1.29, 1.82) is 0 Å². The molecule has 4 nitrogen and oxygen atoms in total. The smallest absolute Gasteiger partial charge is 0.270 e. The number of carbonyl (C=O) groups excluding carboxylic acids is 1. The molecule has 1 fully saturated rings. The quantitative estimate of drug-likeness (QED) is 0.275. The van der Waals surface area contributed by atoms with Crippen molar-refractivity contribution < 1.29 is 14.3 Å². The third-order valence-electron chi connectivity index (χ3n) is 3.82.